The van der Waals surface area contributed by atoms with Gasteiger partial charge < -0.3 is 4.74 Å². The van der Waals surface area contributed by atoms with Gasteiger partial charge in [-0.15, -0.1) is 34.0 Å². The first kappa shape index (κ1) is 22.2. The molecule has 0 amide bonds. The second-order valence-electron chi connectivity index (χ2n) is 8.60. The number of Topliss-reactive ketones (excluding diaryl/α,β-unsaturated/α-hetero) is 1. The van der Waals surface area contributed by atoms with E-state index in [-0.39, 0.29) is 5.78 Å². The highest BCUT2D eigenvalue weighted by Crippen LogP contribution is 2.39. The summed E-state index contributed by atoms with van der Waals surface area (Å²) in [6, 6.07) is 12.7. The number of carbonyl (C=O) groups is 1. The van der Waals surface area contributed by atoms with E-state index in [1.165, 1.54) is 44.3 Å². The van der Waals surface area contributed by atoms with E-state index in [2.05, 4.69) is 48.9 Å². The predicted octanol–water partition coefficient (Wildman–Crippen LogP) is 7.49. The molecule has 0 saturated carbocycles. The van der Waals surface area contributed by atoms with Gasteiger partial charge in [-0.25, -0.2) is 0 Å². The number of hydrogen-bond acceptors (Lipinski definition) is 6. The van der Waals surface area contributed by atoms with Crippen molar-refractivity contribution in [2.75, 3.05) is 6.61 Å². The van der Waals surface area contributed by atoms with Crippen LogP contribution in [0.1, 0.15) is 47.2 Å². The van der Waals surface area contributed by atoms with Crippen molar-refractivity contribution >= 4 is 82.4 Å². The summed E-state index contributed by atoms with van der Waals surface area (Å²) in [4.78, 5) is 17.4. The van der Waals surface area contributed by atoms with Gasteiger partial charge in [-0.2, -0.15) is 0 Å². The fraction of sp³-hybridized carbons (Fsp3) is 0.250. The highest BCUT2D eigenvalue weighted by molar-refractivity contribution is 7.22. The first-order valence-electron chi connectivity index (χ1n) is 11.7. The van der Waals surface area contributed by atoms with Crippen LogP contribution in [0.3, 0.4) is 0 Å². The van der Waals surface area contributed by atoms with Gasteiger partial charge in [0.25, 0.3) is 0 Å². The average molecular weight is 521 g/mol. The smallest absolute Gasteiger partial charge is 0.197 e. The van der Waals surface area contributed by atoms with E-state index in [0.717, 1.165) is 49.4 Å². The highest BCUT2D eigenvalue weighted by atomic mass is 32.1. The zero-order chi connectivity index (χ0) is 23.2. The quantitative estimate of drug-likeness (QED) is 0.198. The Morgan fingerprint density at radius 3 is 2.09 bits per heavy atom. The van der Waals surface area contributed by atoms with Crippen LogP contribution in [0.5, 0.6) is 5.06 Å². The Balaban J connectivity index is 1.67. The van der Waals surface area contributed by atoms with E-state index < -0.39 is 0 Å². The minimum absolute atomic E-state index is 0.148. The molecule has 0 atom stereocenters. The van der Waals surface area contributed by atoms with Crippen molar-refractivity contribution < 1.29 is 9.53 Å². The maximum atomic E-state index is 14.0. The molecule has 0 saturated heterocycles. The van der Waals surface area contributed by atoms with Gasteiger partial charge >= 0.3 is 0 Å². The largest absolute Gasteiger partial charge is 0.484 e. The zero-order valence-electron chi connectivity index (χ0n) is 19.1. The number of ketones is 1. The van der Waals surface area contributed by atoms with Crippen molar-refractivity contribution in [3.8, 4) is 5.06 Å². The summed E-state index contributed by atoms with van der Waals surface area (Å²) >= 11 is 6.78. The summed E-state index contributed by atoms with van der Waals surface area (Å²) in [5.41, 5.74) is 1.71. The molecule has 4 aromatic heterocycles. The molecule has 1 aromatic carbocycles. The number of thiophene rings is 4. The Labute approximate surface area is 214 Å². The minimum Gasteiger partial charge on any atom is -0.484 e. The van der Waals surface area contributed by atoms with E-state index in [0.29, 0.717) is 0 Å². The second kappa shape index (κ2) is 9.08. The molecule has 4 heterocycles. The molecule has 0 aliphatic heterocycles. The molecule has 0 spiro atoms. The van der Waals surface area contributed by atoms with E-state index in [4.69, 9.17) is 4.74 Å². The first-order chi connectivity index (χ1) is 16.7. The molecule has 0 unspecified atom stereocenters. The normalized spacial score (nSPS) is 13.5. The SMILES string of the molecule is CCCCCCOc1cc2c(s1)c1c(c3sc(C)cc32)=C(c2cccs2)C(=O)C=1c1cccs1. The molecule has 2 nitrogen and oxygen atoms in total. The third kappa shape index (κ3) is 3.59. The highest BCUT2D eigenvalue weighted by Gasteiger charge is 2.31. The number of benzene rings is 1. The Bertz CT molecular complexity index is 1630. The molecule has 34 heavy (non-hydrogen) atoms. The van der Waals surface area contributed by atoms with Crippen molar-refractivity contribution in [3.05, 3.63) is 72.2 Å². The standard InChI is InChI=1S/C28H24O2S4/c1-3-4-5-6-11-30-21-15-18-17-14-16(2)33-27(17)24-22(19-9-7-12-31-19)26(29)23(20-10-8-13-32-20)25(24)28(18)34-21/h7-10,12-15H,3-6,11H2,1-2H3. The lowest BCUT2D eigenvalue weighted by molar-refractivity contribution is -0.108. The van der Waals surface area contributed by atoms with Crippen LogP contribution in [0.25, 0.3) is 31.3 Å². The molecule has 0 bridgehead atoms. The van der Waals surface area contributed by atoms with Crippen molar-refractivity contribution in [3.63, 3.8) is 0 Å². The molecule has 0 radical (unpaired) electrons. The molecule has 172 valence electrons. The van der Waals surface area contributed by atoms with Crippen LogP contribution in [0.15, 0.2) is 47.2 Å². The molecule has 1 aliphatic carbocycles. The van der Waals surface area contributed by atoms with Gasteiger partial charge in [-0.05, 0) is 42.3 Å². The second-order valence-corrected chi connectivity index (χ2v) is 12.8. The lowest BCUT2D eigenvalue weighted by Crippen LogP contribution is -2.25. The number of ether oxygens (including phenoxy) is 1. The Morgan fingerprint density at radius 2 is 1.47 bits per heavy atom. The summed E-state index contributed by atoms with van der Waals surface area (Å²) in [7, 11) is 0. The van der Waals surface area contributed by atoms with Crippen molar-refractivity contribution in [2.24, 2.45) is 0 Å². The van der Waals surface area contributed by atoms with Gasteiger partial charge in [-0.3, -0.25) is 4.79 Å². The number of hydrogen-bond donors (Lipinski definition) is 0. The number of fused-ring (bicyclic) bond motifs is 6. The van der Waals surface area contributed by atoms with Crippen LogP contribution < -0.4 is 15.2 Å². The molecular formula is C28H24O2S4. The summed E-state index contributed by atoms with van der Waals surface area (Å²) in [5.74, 6) is 0.148. The van der Waals surface area contributed by atoms with Gasteiger partial charge in [0.2, 0.25) is 0 Å². The summed E-state index contributed by atoms with van der Waals surface area (Å²) in [6.07, 6.45) is 4.76. The minimum atomic E-state index is 0.148. The van der Waals surface area contributed by atoms with E-state index in [9.17, 15) is 4.79 Å². The van der Waals surface area contributed by atoms with Crippen LogP contribution in [-0.4, -0.2) is 12.4 Å². The number of carbonyl (C=O) groups excluding carboxylic acids is 1. The molecule has 6 heteroatoms. The van der Waals surface area contributed by atoms with Gasteiger partial charge in [0.15, 0.2) is 10.8 Å². The topological polar surface area (TPSA) is 26.3 Å². The first-order valence-corrected chi connectivity index (χ1v) is 15.1. The number of unbranched alkanes of at least 4 members (excludes halogenated alkanes) is 3. The Morgan fingerprint density at radius 1 is 0.824 bits per heavy atom. The average Bonchev–Trinajstić information content (AvgIpc) is 3.62. The van der Waals surface area contributed by atoms with Crippen LogP contribution in [0.4, 0.5) is 0 Å². The van der Waals surface area contributed by atoms with Crippen LogP contribution >= 0.6 is 45.3 Å². The molecule has 6 rings (SSSR count). The Kier molecular flexibility index (Phi) is 5.94. The third-order valence-electron chi connectivity index (χ3n) is 6.29. The van der Waals surface area contributed by atoms with Gasteiger partial charge in [0, 0.05) is 62.5 Å². The van der Waals surface area contributed by atoms with Crippen molar-refractivity contribution in [2.45, 2.75) is 39.5 Å². The van der Waals surface area contributed by atoms with Crippen LogP contribution in [0.2, 0.25) is 0 Å². The van der Waals surface area contributed by atoms with E-state index in [1.54, 1.807) is 45.3 Å². The zero-order valence-corrected chi connectivity index (χ0v) is 22.4. The number of aryl methyl sites for hydroxylation is 1. The van der Waals surface area contributed by atoms with Gasteiger partial charge in [-0.1, -0.05) is 49.7 Å². The van der Waals surface area contributed by atoms with E-state index >= 15 is 0 Å². The summed E-state index contributed by atoms with van der Waals surface area (Å²) in [6.45, 7) is 5.13. The lowest BCUT2D eigenvalue weighted by atomic mass is 10.1. The lowest BCUT2D eigenvalue weighted by Gasteiger charge is -2.02. The monoisotopic (exact) mass is 520 g/mol. The molecule has 5 aromatic rings. The molecule has 0 fully saturated rings. The predicted molar refractivity (Wildman–Crippen MR) is 149 cm³/mol. The van der Waals surface area contributed by atoms with E-state index in [1.807, 2.05) is 12.1 Å². The number of rotatable bonds is 8. The fourth-order valence-corrected chi connectivity index (χ4v) is 8.53. The maximum absolute atomic E-state index is 14.0. The molecule has 0 N–H and O–H groups in total. The van der Waals surface area contributed by atoms with Crippen LogP contribution in [0, 0.1) is 6.92 Å². The summed E-state index contributed by atoms with van der Waals surface area (Å²) in [5, 5.41) is 9.74. The fourth-order valence-electron chi connectivity index (χ4n) is 4.79. The van der Waals surface area contributed by atoms with Gasteiger partial charge in [0.05, 0.1) is 6.61 Å². The maximum Gasteiger partial charge on any atom is 0.197 e. The summed E-state index contributed by atoms with van der Waals surface area (Å²) < 4.78 is 8.62. The van der Waals surface area contributed by atoms with Gasteiger partial charge in [0.1, 0.15) is 0 Å². The van der Waals surface area contributed by atoms with Crippen molar-refractivity contribution in [1.29, 1.82) is 0 Å². The third-order valence-corrected chi connectivity index (χ3v) is 10.2. The van der Waals surface area contributed by atoms with Crippen molar-refractivity contribution in [1.82, 2.24) is 0 Å². The molecule has 1 aliphatic rings. The molecular weight excluding hydrogens is 497 g/mol. The van der Waals surface area contributed by atoms with Crippen LogP contribution in [-0.2, 0) is 4.79 Å². The Hall–Kier alpha value is -2.25.